The molecule has 1 N–H and O–H groups in total. The van der Waals surface area contributed by atoms with Crippen molar-refractivity contribution in [2.24, 2.45) is 5.92 Å². The van der Waals surface area contributed by atoms with E-state index in [-0.39, 0.29) is 0 Å². The van der Waals surface area contributed by atoms with Crippen LogP contribution in [-0.4, -0.2) is 6.04 Å². The third-order valence-electron chi connectivity index (χ3n) is 3.79. The molecule has 1 aliphatic rings. The number of hydrogen-bond donors (Lipinski definition) is 1. The topological polar surface area (TPSA) is 12.0 Å². The normalized spacial score (nSPS) is 16.5. The minimum atomic E-state index is 0.591. The predicted molar refractivity (Wildman–Crippen MR) is 69.6 cm³/mol. The van der Waals surface area contributed by atoms with Crippen molar-refractivity contribution in [1.82, 2.24) is 5.32 Å². The first-order valence-corrected chi connectivity index (χ1v) is 6.51. The lowest BCUT2D eigenvalue weighted by molar-refractivity contribution is 0.426. The van der Waals surface area contributed by atoms with E-state index < -0.39 is 0 Å². The zero-order chi connectivity index (χ0) is 11.5. The summed E-state index contributed by atoms with van der Waals surface area (Å²) >= 11 is 0. The molecule has 1 aromatic rings. The molecule has 16 heavy (non-hydrogen) atoms. The molecule has 2 rings (SSSR count). The van der Waals surface area contributed by atoms with E-state index in [2.05, 4.69) is 44.3 Å². The van der Waals surface area contributed by atoms with Gasteiger partial charge < -0.3 is 5.32 Å². The summed E-state index contributed by atoms with van der Waals surface area (Å²) in [7, 11) is 0. The molecule has 0 aromatic heterocycles. The molecule has 1 nitrogen and oxygen atoms in total. The minimum absolute atomic E-state index is 0.591. The average Bonchev–Trinajstić information content (AvgIpc) is 2.72. The fourth-order valence-corrected chi connectivity index (χ4v) is 2.25. The van der Waals surface area contributed by atoms with Crippen LogP contribution in [0, 0.1) is 5.92 Å². The van der Waals surface area contributed by atoms with Crippen LogP contribution in [0.2, 0.25) is 0 Å². The number of nitrogens with one attached hydrogen (secondary N) is 1. The van der Waals surface area contributed by atoms with Gasteiger partial charge in [0, 0.05) is 12.6 Å². The van der Waals surface area contributed by atoms with E-state index in [1.54, 1.807) is 11.1 Å². The van der Waals surface area contributed by atoms with Crippen molar-refractivity contribution in [3.8, 4) is 0 Å². The number of fused-ring (bicyclic) bond motifs is 1. The van der Waals surface area contributed by atoms with Gasteiger partial charge in [0.25, 0.3) is 0 Å². The molecular formula is C15H23N. The lowest BCUT2D eigenvalue weighted by atomic mass is 10.0. The molecule has 0 spiro atoms. The van der Waals surface area contributed by atoms with Gasteiger partial charge in [0.2, 0.25) is 0 Å². The molecule has 1 atom stereocenters. The summed E-state index contributed by atoms with van der Waals surface area (Å²) in [5.74, 6) is 0.703. The Morgan fingerprint density at radius 2 is 1.88 bits per heavy atom. The lowest BCUT2D eigenvalue weighted by Crippen LogP contribution is -2.30. The van der Waals surface area contributed by atoms with Crippen molar-refractivity contribution < 1.29 is 0 Å². The first-order chi connectivity index (χ1) is 7.66. The zero-order valence-electron chi connectivity index (χ0n) is 10.7. The Hall–Kier alpha value is -0.820. The van der Waals surface area contributed by atoms with Gasteiger partial charge in [-0.3, -0.25) is 0 Å². The molecule has 1 unspecified atom stereocenters. The molecule has 1 aliphatic carbocycles. The second-order valence-electron chi connectivity index (χ2n) is 5.37. The SMILES string of the molecule is CC(C)C(C)NCc1ccc2c(c1)CCC2. The summed E-state index contributed by atoms with van der Waals surface area (Å²) in [5.41, 5.74) is 4.59. The zero-order valence-corrected chi connectivity index (χ0v) is 10.7. The van der Waals surface area contributed by atoms with Crippen molar-refractivity contribution in [2.75, 3.05) is 0 Å². The molecule has 0 heterocycles. The van der Waals surface area contributed by atoms with Gasteiger partial charge >= 0.3 is 0 Å². The minimum Gasteiger partial charge on any atom is -0.310 e. The predicted octanol–water partition coefficient (Wildman–Crippen LogP) is 3.31. The summed E-state index contributed by atoms with van der Waals surface area (Å²) in [6.45, 7) is 7.80. The van der Waals surface area contributed by atoms with Crippen molar-refractivity contribution in [1.29, 1.82) is 0 Å². The van der Waals surface area contributed by atoms with Crippen LogP contribution in [0.5, 0.6) is 0 Å². The van der Waals surface area contributed by atoms with E-state index >= 15 is 0 Å². The quantitative estimate of drug-likeness (QED) is 0.816. The van der Waals surface area contributed by atoms with E-state index in [0.29, 0.717) is 12.0 Å². The highest BCUT2D eigenvalue weighted by atomic mass is 14.9. The van der Waals surface area contributed by atoms with Gasteiger partial charge in [0.1, 0.15) is 0 Å². The number of hydrogen-bond acceptors (Lipinski definition) is 1. The van der Waals surface area contributed by atoms with E-state index in [0.717, 1.165) is 6.54 Å². The van der Waals surface area contributed by atoms with Gasteiger partial charge in [-0.15, -0.1) is 0 Å². The highest BCUT2D eigenvalue weighted by Gasteiger charge is 2.11. The Morgan fingerprint density at radius 1 is 1.12 bits per heavy atom. The van der Waals surface area contributed by atoms with Crippen molar-refractivity contribution in [3.63, 3.8) is 0 Å². The maximum atomic E-state index is 3.59. The Morgan fingerprint density at radius 3 is 2.62 bits per heavy atom. The Kier molecular flexibility index (Phi) is 3.65. The number of aryl methyl sites for hydroxylation is 2. The Balaban J connectivity index is 1.95. The largest absolute Gasteiger partial charge is 0.310 e. The molecule has 1 heteroatoms. The first-order valence-electron chi connectivity index (χ1n) is 6.51. The number of benzene rings is 1. The molecule has 0 saturated carbocycles. The van der Waals surface area contributed by atoms with Crippen molar-refractivity contribution in [2.45, 2.75) is 52.6 Å². The first kappa shape index (κ1) is 11.7. The van der Waals surface area contributed by atoms with Gasteiger partial charge in [-0.1, -0.05) is 32.0 Å². The van der Waals surface area contributed by atoms with Crippen LogP contribution in [0.25, 0.3) is 0 Å². The van der Waals surface area contributed by atoms with E-state index in [9.17, 15) is 0 Å². The molecule has 88 valence electrons. The van der Waals surface area contributed by atoms with E-state index in [1.807, 2.05) is 0 Å². The van der Waals surface area contributed by atoms with Crippen LogP contribution < -0.4 is 5.32 Å². The summed E-state index contributed by atoms with van der Waals surface area (Å²) in [6.07, 6.45) is 3.91. The molecule has 0 saturated heterocycles. The van der Waals surface area contributed by atoms with E-state index in [1.165, 1.54) is 24.8 Å². The van der Waals surface area contributed by atoms with Crippen LogP contribution in [0.15, 0.2) is 18.2 Å². The van der Waals surface area contributed by atoms with Gasteiger partial charge in [0.15, 0.2) is 0 Å². The maximum Gasteiger partial charge on any atom is 0.0208 e. The highest BCUT2D eigenvalue weighted by Crippen LogP contribution is 2.22. The highest BCUT2D eigenvalue weighted by molar-refractivity contribution is 5.35. The molecule has 0 amide bonds. The second kappa shape index (κ2) is 5.01. The molecule has 0 radical (unpaired) electrons. The summed E-state index contributed by atoms with van der Waals surface area (Å²) < 4.78 is 0. The van der Waals surface area contributed by atoms with Crippen LogP contribution in [0.4, 0.5) is 0 Å². The van der Waals surface area contributed by atoms with Crippen LogP contribution >= 0.6 is 0 Å². The third kappa shape index (κ3) is 2.65. The monoisotopic (exact) mass is 217 g/mol. The second-order valence-corrected chi connectivity index (χ2v) is 5.37. The van der Waals surface area contributed by atoms with Crippen molar-refractivity contribution in [3.05, 3.63) is 34.9 Å². The Labute approximate surface area is 99.3 Å². The third-order valence-corrected chi connectivity index (χ3v) is 3.79. The average molecular weight is 217 g/mol. The smallest absolute Gasteiger partial charge is 0.0208 e. The van der Waals surface area contributed by atoms with E-state index in [4.69, 9.17) is 0 Å². The maximum absolute atomic E-state index is 3.59. The molecule has 0 bridgehead atoms. The van der Waals surface area contributed by atoms with Gasteiger partial charge in [-0.05, 0) is 48.8 Å². The molecular weight excluding hydrogens is 194 g/mol. The summed E-state index contributed by atoms with van der Waals surface area (Å²) in [4.78, 5) is 0. The molecule has 0 fully saturated rings. The Bertz CT molecular complexity index is 354. The fourth-order valence-electron chi connectivity index (χ4n) is 2.25. The number of rotatable bonds is 4. The fraction of sp³-hybridized carbons (Fsp3) is 0.600. The lowest BCUT2D eigenvalue weighted by Gasteiger charge is -2.17. The standard InChI is InChI=1S/C15H23N/c1-11(2)12(3)16-10-13-7-8-14-5-4-6-15(14)9-13/h7-9,11-12,16H,4-6,10H2,1-3H3. The van der Waals surface area contributed by atoms with Crippen LogP contribution in [-0.2, 0) is 19.4 Å². The summed E-state index contributed by atoms with van der Waals surface area (Å²) in [6, 6.07) is 7.58. The van der Waals surface area contributed by atoms with Gasteiger partial charge in [-0.25, -0.2) is 0 Å². The summed E-state index contributed by atoms with van der Waals surface area (Å²) in [5, 5.41) is 3.59. The molecule has 0 aliphatic heterocycles. The van der Waals surface area contributed by atoms with Gasteiger partial charge in [0.05, 0.1) is 0 Å². The van der Waals surface area contributed by atoms with Crippen molar-refractivity contribution >= 4 is 0 Å². The van der Waals surface area contributed by atoms with Gasteiger partial charge in [-0.2, -0.15) is 0 Å². The van der Waals surface area contributed by atoms with Crippen LogP contribution in [0.3, 0.4) is 0 Å². The molecule has 1 aromatic carbocycles. The van der Waals surface area contributed by atoms with Crippen LogP contribution in [0.1, 0.15) is 43.9 Å².